The first-order chi connectivity index (χ1) is 7.67. The Labute approximate surface area is 101 Å². The zero-order chi connectivity index (χ0) is 12.0. The topological polar surface area (TPSA) is 24.5 Å². The standard InChI is InChI=1S/C13H28N2O/c1-5-15-8-6-13(7-9-15)10-14-11(2)12(3)16-4/h11-14H,5-10H2,1-4H3. The predicted molar refractivity (Wildman–Crippen MR) is 68.8 cm³/mol. The minimum absolute atomic E-state index is 0.302. The van der Waals surface area contributed by atoms with Gasteiger partial charge in [-0.05, 0) is 58.8 Å². The van der Waals surface area contributed by atoms with E-state index in [9.17, 15) is 0 Å². The number of hydrogen-bond donors (Lipinski definition) is 1. The van der Waals surface area contributed by atoms with E-state index in [0.29, 0.717) is 12.1 Å². The van der Waals surface area contributed by atoms with Crippen LogP contribution in [-0.2, 0) is 4.74 Å². The molecule has 96 valence electrons. The fourth-order valence-electron chi connectivity index (χ4n) is 2.23. The molecule has 3 heteroatoms. The summed E-state index contributed by atoms with van der Waals surface area (Å²) >= 11 is 0. The van der Waals surface area contributed by atoms with Gasteiger partial charge in [0.15, 0.2) is 0 Å². The summed E-state index contributed by atoms with van der Waals surface area (Å²) < 4.78 is 5.32. The monoisotopic (exact) mass is 228 g/mol. The van der Waals surface area contributed by atoms with Crippen molar-refractivity contribution in [2.75, 3.05) is 33.3 Å². The lowest BCUT2D eigenvalue weighted by molar-refractivity contribution is 0.0849. The molecule has 1 fully saturated rings. The maximum atomic E-state index is 5.32. The molecule has 16 heavy (non-hydrogen) atoms. The van der Waals surface area contributed by atoms with Crippen LogP contribution < -0.4 is 5.32 Å². The average molecular weight is 228 g/mol. The van der Waals surface area contributed by atoms with E-state index in [2.05, 4.69) is 31.0 Å². The highest BCUT2D eigenvalue weighted by atomic mass is 16.5. The van der Waals surface area contributed by atoms with E-state index in [-0.39, 0.29) is 0 Å². The molecule has 0 spiro atoms. The van der Waals surface area contributed by atoms with Crippen molar-refractivity contribution in [3.63, 3.8) is 0 Å². The normalized spacial score (nSPS) is 23.2. The molecule has 0 aliphatic carbocycles. The number of hydrogen-bond acceptors (Lipinski definition) is 3. The maximum Gasteiger partial charge on any atom is 0.0693 e. The lowest BCUT2D eigenvalue weighted by atomic mass is 9.96. The van der Waals surface area contributed by atoms with Gasteiger partial charge in [0.25, 0.3) is 0 Å². The molecule has 1 aliphatic heterocycles. The van der Waals surface area contributed by atoms with E-state index >= 15 is 0 Å². The van der Waals surface area contributed by atoms with Crippen LogP contribution in [0.5, 0.6) is 0 Å². The molecule has 1 rings (SSSR count). The van der Waals surface area contributed by atoms with Gasteiger partial charge in [0, 0.05) is 13.2 Å². The van der Waals surface area contributed by atoms with Gasteiger partial charge in [0.05, 0.1) is 6.10 Å². The van der Waals surface area contributed by atoms with E-state index in [0.717, 1.165) is 12.5 Å². The van der Waals surface area contributed by atoms with E-state index < -0.39 is 0 Å². The third-order valence-electron chi connectivity index (χ3n) is 3.96. The predicted octanol–water partition coefficient (Wildman–Crippen LogP) is 1.73. The first-order valence-corrected chi connectivity index (χ1v) is 6.65. The summed E-state index contributed by atoms with van der Waals surface area (Å²) in [6.45, 7) is 11.5. The molecule has 0 bridgehead atoms. The van der Waals surface area contributed by atoms with Crippen molar-refractivity contribution >= 4 is 0 Å². The zero-order valence-electron chi connectivity index (χ0n) is 11.3. The van der Waals surface area contributed by atoms with Crippen molar-refractivity contribution in [1.82, 2.24) is 10.2 Å². The quantitative estimate of drug-likeness (QED) is 0.749. The molecule has 0 aromatic carbocycles. The summed E-state index contributed by atoms with van der Waals surface area (Å²) in [4.78, 5) is 2.54. The Morgan fingerprint density at radius 2 is 1.94 bits per heavy atom. The summed E-state index contributed by atoms with van der Waals surface area (Å²) in [5, 5.41) is 3.59. The first kappa shape index (κ1) is 13.9. The van der Waals surface area contributed by atoms with Crippen LogP contribution in [0.1, 0.15) is 33.6 Å². The Hall–Kier alpha value is -0.120. The van der Waals surface area contributed by atoms with Crippen molar-refractivity contribution < 1.29 is 4.74 Å². The highest BCUT2D eigenvalue weighted by Gasteiger charge is 2.19. The van der Waals surface area contributed by atoms with Gasteiger partial charge in [0.1, 0.15) is 0 Å². The van der Waals surface area contributed by atoms with Gasteiger partial charge in [-0.3, -0.25) is 0 Å². The fraction of sp³-hybridized carbons (Fsp3) is 1.00. The van der Waals surface area contributed by atoms with Crippen molar-refractivity contribution in [2.45, 2.75) is 45.8 Å². The Bertz CT molecular complexity index is 179. The van der Waals surface area contributed by atoms with Gasteiger partial charge in [0.2, 0.25) is 0 Å². The summed E-state index contributed by atoms with van der Waals surface area (Å²) in [5.74, 6) is 0.856. The van der Waals surface area contributed by atoms with Crippen LogP contribution in [0.4, 0.5) is 0 Å². The van der Waals surface area contributed by atoms with Gasteiger partial charge in [-0.25, -0.2) is 0 Å². The van der Waals surface area contributed by atoms with Crippen molar-refractivity contribution in [3.05, 3.63) is 0 Å². The third-order valence-corrected chi connectivity index (χ3v) is 3.96. The molecule has 1 saturated heterocycles. The molecule has 2 unspecified atom stereocenters. The number of nitrogens with one attached hydrogen (secondary N) is 1. The number of likely N-dealkylation sites (tertiary alicyclic amines) is 1. The molecule has 1 aliphatic rings. The van der Waals surface area contributed by atoms with Crippen molar-refractivity contribution in [2.24, 2.45) is 5.92 Å². The van der Waals surface area contributed by atoms with Crippen LogP contribution in [0.25, 0.3) is 0 Å². The number of piperidine rings is 1. The second-order valence-electron chi connectivity index (χ2n) is 5.02. The Morgan fingerprint density at radius 1 is 1.31 bits per heavy atom. The molecular weight excluding hydrogens is 200 g/mol. The molecule has 0 aromatic rings. The molecule has 0 amide bonds. The lowest BCUT2D eigenvalue weighted by Crippen LogP contribution is -2.42. The highest BCUT2D eigenvalue weighted by Crippen LogP contribution is 2.16. The van der Waals surface area contributed by atoms with Gasteiger partial charge in [-0.15, -0.1) is 0 Å². The van der Waals surface area contributed by atoms with Gasteiger partial charge >= 0.3 is 0 Å². The minimum atomic E-state index is 0.302. The molecule has 0 aromatic heterocycles. The summed E-state index contributed by atoms with van der Waals surface area (Å²) in [6.07, 6.45) is 2.99. The SMILES string of the molecule is CCN1CCC(CNC(C)C(C)OC)CC1. The van der Waals surface area contributed by atoms with Crippen LogP contribution >= 0.6 is 0 Å². The van der Waals surface area contributed by atoms with Crippen LogP contribution in [0.15, 0.2) is 0 Å². The van der Waals surface area contributed by atoms with E-state index in [1.165, 1.54) is 32.5 Å². The largest absolute Gasteiger partial charge is 0.380 e. The smallest absolute Gasteiger partial charge is 0.0693 e. The van der Waals surface area contributed by atoms with E-state index in [1.54, 1.807) is 7.11 Å². The lowest BCUT2D eigenvalue weighted by Gasteiger charge is -2.32. The fourth-order valence-corrected chi connectivity index (χ4v) is 2.23. The van der Waals surface area contributed by atoms with Crippen LogP contribution in [0.2, 0.25) is 0 Å². The summed E-state index contributed by atoms with van der Waals surface area (Å²) in [6, 6.07) is 0.453. The third kappa shape index (κ3) is 4.40. The zero-order valence-corrected chi connectivity index (χ0v) is 11.3. The second kappa shape index (κ2) is 7.25. The number of ether oxygens (including phenoxy) is 1. The molecule has 0 radical (unpaired) electrons. The average Bonchev–Trinajstić information content (AvgIpc) is 2.35. The maximum absolute atomic E-state index is 5.32. The summed E-state index contributed by atoms with van der Waals surface area (Å²) in [7, 11) is 1.78. The minimum Gasteiger partial charge on any atom is -0.380 e. The highest BCUT2D eigenvalue weighted by molar-refractivity contribution is 4.76. The molecule has 3 nitrogen and oxygen atoms in total. The second-order valence-corrected chi connectivity index (χ2v) is 5.02. The Balaban J connectivity index is 2.14. The molecule has 1 heterocycles. The van der Waals surface area contributed by atoms with Crippen LogP contribution in [0.3, 0.4) is 0 Å². The van der Waals surface area contributed by atoms with Gasteiger partial charge < -0.3 is 15.0 Å². The molecular formula is C13H28N2O. The summed E-state index contributed by atoms with van der Waals surface area (Å²) in [5.41, 5.74) is 0. The first-order valence-electron chi connectivity index (χ1n) is 6.65. The van der Waals surface area contributed by atoms with Crippen molar-refractivity contribution in [3.8, 4) is 0 Å². The molecule has 2 atom stereocenters. The van der Waals surface area contributed by atoms with Crippen LogP contribution in [-0.4, -0.2) is 50.3 Å². The number of rotatable bonds is 6. The van der Waals surface area contributed by atoms with Gasteiger partial charge in [-0.1, -0.05) is 6.92 Å². The van der Waals surface area contributed by atoms with E-state index in [1.807, 2.05) is 0 Å². The van der Waals surface area contributed by atoms with Gasteiger partial charge in [-0.2, -0.15) is 0 Å². The molecule has 0 saturated carbocycles. The number of methoxy groups -OCH3 is 1. The molecule has 1 N–H and O–H groups in total. The Morgan fingerprint density at radius 3 is 2.44 bits per heavy atom. The van der Waals surface area contributed by atoms with Crippen molar-refractivity contribution in [1.29, 1.82) is 0 Å². The van der Waals surface area contributed by atoms with E-state index in [4.69, 9.17) is 4.74 Å². The number of nitrogens with zero attached hydrogens (tertiary/aromatic N) is 1. The Kier molecular flexibility index (Phi) is 6.32. The van der Waals surface area contributed by atoms with Crippen LogP contribution in [0, 0.1) is 5.92 Å².